The summed E-state index contributed by atoms with van der Waals surface area (Å²) in [4.78, 5) is 19.7. The molecular formula is C13H13ClN4O. The number of benzene rings is 1. The molecule has 0 aliphatic rings. The average Bonchev–Trinajstić information content (AvgIpc) is 2.39. The van der Waals surface area contributed by atoms with E-state index in [4.69, 9.17) is 17.3 Å². The van der Waals surface area contributed by atoms with Gasteiger partial charge in [0.05, 0.1) is 0 Å². The van der Waals surface area contributed by atoms with Crippen LogP contribution in [0.5, 0.6) is 0 Å². The lowest BCUT2D eigenvalue weighted by Crippen LogP contribution is -2.28. The molecule has 2 aromatic rings. The molecule has 0 aliphatic heterocycles. The highest BCUT2D eigenvalue weighted by molar-refractivity contribution is 6.29. The third-order valence-corrected chi connectivity index (χ3v) is 2.79. The monoisotopic (exact) mass is 276 g/mol. The number of rotatable bonds is 3. The van der Waals surface area contributed by atoms with Gasteiger partial charge in [0.1, 0.15) is 11.2 Å². The maximum absolute atomic E-state index is 11.9. The van der Waals surface area contributed by atoms with Crippen LogP contribution in [0.2, 0.25) is 5.15 Å². The number of carbonyl (C=O) groups excluding carboxylic acids is 1. The van der Waals surface area contributed by atoms with Crippen molar-refractivity contribution in [2.24, 2.45) is 5.73 Å². The molecule has 5 nitrogen and oxygen atoms in total. The third-order valence-electron chi connectivity index (χ3n) is 2.58. The van der Waals surface area contributed by atoms with Crippen LogP contribution in [0, 0.1) is 6.92 Å². The number of nitrogens with one attached hydrogen (secondary N) is 1. The van der Waals surface area contributed by atoms with Gasteiger partial charge in [-0.3, -0.25) is 10.1 Å². The van der Waals surface area contributed by atoms with Crippen molar-refractivity contribution in [2.45, 2.75) is 13.0 Å². The van der Waals surface area contributed by atoms with Crippen molar-refractivity contribution in [2.75, 3.05) is 5.32 Å². The van der Waals surface area contributed by atoms with Crippen LogP contribution >= 0.6 is 11.6 Å². The fourth-order valence-corrected chi connectivity index (χ4v) is 1.65. The van der Waals surface area contributed by atoms with Crippen LogP contribution in [0.3, 0.4) is 0 Å². The fourth-order valence-electron chi connectivity index (χ4n) is 1.51. The number of carbonyl (C=O) groups is 1. The Morgan fingerprint density at radius 1 is 1.32 bits per heavy atom. The van der Waals surface area contributed by atoms with Gasteiger partial charge in [0.15, 0.2) is 0 Å². The summed E-state index contributed by atoms with van der Waals surface area (Å²) in [5, 5.41) is 2.78. The van der Waals surface area contributed by atoms with E-state index >= 15 is 0 Å². The van der Waals surface area contributed by atoms with Crippen molar-refractivity contribution >= 4 is 23.5 Å². The Kier molecular flexibility index (Phi) is 4.09. The van der Waals surface area contributed by atoms with Crippen LogP contribution in [-0.4, -0.2) is 15.9 Å². The van der Waals surface area contributed by atoms with Crippen molar-refractivity contribution < 1.29 is 4.79 Å². The Hall–Kier alpha value is -1.98. The molecule has 2 rings (SSSR count). The van der Waals surface area contributed by atoms with Crippen molar-refractivity contribution in [3.63, 3.8) is 0 Å². The second kappa shape index (κ2) is 5.77. The van der Waals surface area contributed by atoms with E-state index in [2.05, 4.69) is 15.3 Å². The zero-order valence-corrected chi connectivity index (χ0v) is 11.1. The van der Waals surface area contributed by atoms with Crippen molar-refractivity contribution in [1.82, 2.24) is 9.97 Å². The van der Waals surface area contributed by atoms with E-state index in [0.717, 1.165) is 11.1 Å². The number of amides is 1. The molecule has 3 N–H and O–H groups in total. The molecule has 0 bridgehead atoms. The van der Waals surface area contributed by atoms with Crippen LogP contribution in [0.4, 0.5) is 5.95 Å². The minimum atomic E-state index is -0.775. The Morgan fingerprint density at radius 3 is 2.63 bits per heavy atom. The van der Waals surface area contributed by atoms with E-state index in [1.807, 2.05) is 31.2 Å². The van der Waals surface area contributed by atoms with Gasteiger partial charge < -0.3 is 5.73 Å². The van der Waals surface area contributed by atoms with Crippen molar-refractivity contribution in [3.8, 4) is 0 Å². The highest BCUT2D eigenvalue weighted by Gasteiger charge is 2.16. The van der Waals surface area contributed by atoms with Crippen LogP contribution < -0.4 is 11.1 Å². The number of nitrogens with zero attached hydrogens (tertiary/aromatic N) is 2. The van der Waals surface area contributed by atoms with Crippen LogP contribution in [0.1, 0.15) is 17.2 Å². The standard InChI is InChI=1S/C13H13ClN4O/c1-8-2-4-9(5-3-8)11(15)12(19)18-13-16-7-6-10(14)17-13/h2-7,11H,15H2,1H3,(H,16,17,18,19). The molecule has 1 unspecified atom stereocenters. The van der Waals surface area contributed by atoms with Crippen LogP contribution in [0.15, 0.2) is 36.5 Å². The van der Waals surface area contributed by atoms with Gasteiger partial charge in [0, 0.05) is 6.20 Å². The normalized spacial score (nSPS) is 11.9. The zero-order valence-electron chi connectivity index (χ0n) is 10.3. The molecule has 0 saturated carbocycles. The lowest BCUT2D eigenvalue weighted by atomic mass is 10.1. The topological polar surface area (TPSA) is 80.9 Å². The summed E-state index contributed by atoms with van der Waals surface area (Å²) in [7, 11) is 0. The predicted molar refractivity (Wildman–Crippen MR) is 73.8 cm³/mol. The molecule has 6 heteroatoms. The van der Waals surface area contributed by atoms with Gasteiger partial charge in [-0.2, -0.15) is 0 Å². The molecule has 1 aromatic heterocycles. The summed E-state index contributed by atoms with van der Waals surface area (Å²) < 4.78 is 0. The van der Waals surface area contributed by atoms with Gasteiger partial charge in [-0.25, -0.2) is 9.97 Å². The summed E-state index contributed by atoms with van der Waals surface area (Å²) >= 11 is 5.71. The highest BCUT2D eigenvalue weighted by atomic mass is 35.5. The molecule has 1 heterocycles. The first-order valence-electron chi connectivity index (χ1n) is 5.68. The maximum Gasteiger partial charge on any atom is 0.248 e. The van der Waals surface area contributed by atoms with Gasteiger partial charge in [0.2, 0.25) is 11.9 Å². The van der Waals surface area contributed by atoms with Gasteiger partial charge in [-0.1, -0.05) is 41.4 Å². The first-order valence-corrected chi connectivity index (χ1v) is 6.05. The summed E-state index contributed by atoms with van der Waals surface area (Å²) in [6.45, 7) is 1.97. The quantitative estimate of drug-likeness (QED) is 0.841. The lowest BCUT2D eigenvalue weighted by Gasteiger charge is -2.11. The first kappa shape index (κ1) is 13.5. The Labute approximate surface area is 115 Å². The highest BCUT2D eigenvalue weighted by Crippen LogP contribution is 2.13. The number of aryl methyl sites for hydroxylation is 1. The molecule has 0 aliphatic carbocycles. The van der Waals surface area contributed by atoms with Gasteiger partial charge in [0.25, 0.3) is 0 Å². The van der Waals surface area contributed by atoms with E-state index in [9.17, 15) is 4.79 Å². The van der Waals surface area contributed by atoms with Gasteiger partial charge in [-0.15, -0.1) is 0 Å². The largest absolute Gasteiger partial charge is 0.316 e. The van der Waals surface area contributed by atoms with Gasteiger partial charge >= 0.3 is 0 Å². The maximum atomic E-state index is 11.9. The second-order valence-electron chi connectivity index (χ2n) is 4.08. The van der Waals surface area contributed by atoms with Crippen molar-refractivity contribution in [3.05, 3.63) is 52.8 Å². The SMILES string of the molecule is Cc1ccc(C(N)C(=O)Nc2nccc(Cl)n2)cc1. The first-order chi connectivity index (χ1) is 9.06. The smallest absolute Gasteiger partial charge is 0.248 e. The Morgan fingerprint density at radius 2 is 2.00 bits per heavy atom. The fraction of sp³-hybridized carbons (Fsp3) is 0.154. The van der Waals surface area contributed by atoms with Crippen LogP contribution in [0.25, 0.3) is 0 Å². The van der Waals surface area contributed by atoms with E-state index in [1.165, 1.54) is 12.3 Å². The number of nitrogens with two attached hydrogens (primary N) is 1. The molecule has 1 aromatic carbocycles. The molecule has 19 heavy (non-hydrogen) atoms. The molecule has 1 atom stereocenters. The Balaban J connectivity index is 2.09. The van der Waals surface area contributed by atoms with Crippen molar-refractivity contribution in [1.29, 1.82) is 0 Å². The molecule has 1 amide bonds. The lowest BCUT2D eigenvalue weighted by molar-refractivity contribution is -0.117. The molecule has 98 valence electrons. The number of halogens is 1. The second-order valence-corrected chi connectivity index (χ2v) is 4.47. The van der Waals surface area contributed by atoms with E-state index in [1.54, 1.807) is 0 Å². The van der Waals surface area contributed by atoms with E-state index < -0.39 is 6.04 Å². The van der Waals surface area contributed by atoms with E-state index in [-0.39, 0.29) is 17.0 Å². The van der Waals surface area contributed by atoms with Gasteiger partial charge in [-0.05, 0) is 18.6 Å². The van der Waals surface area contributed by atoms with Crippen LogP contribution in [-0.2, 0) is 4.79 Å². The Bertz CT molecular complexity index is 585. The molecule has 0 spiro atoms. The zero-order chi connectivity index (χ0) is 13.8. The number of hydrogen-bond donors (Lipinski definition) is 2. The molecule has 0 radical (unpaired) electrons. The minimum Gasteiger partial charge on any atom is -0.316 e. The summed E-state index contributed by atoms with van der Waals surface area (Å²) in [6, 6.07) is 8.19. The number of anilines is 1. The summed E-state index contributed by atoms with van der Waals surface area (Å²) in [5.41, 5.74) is 7.71. The molecule has 0 saturated heterocycles. The molecular weight excluding hydrogens is 264 g/mol. The summed E-state index contributed by atoms with van der Waals surface area (Å²) in [6.07, 6.45) is 1.46. The summed E-state index contributed by atoms with van der Waals surface area (Å²) in [5.74, 6) is -0.244. The third kappa shape index (κ3) is 3.49. The average molecular weight is 277 g/mol. The number of aromatic nitrogens is 2. The van der Waals surface area contributed by atoms with E-state index in [0.29, 0.717) is 0 Å². The number of hydrogen-bond acceptors (Lipinski definition) is 4. The minimum absolute atomic E-state index is 0.139. The molecule has 0 fully saturated rings. The predicted octanol–water partition coefficient (Wildman–Crippen LogP) is 2.08.